The minimum absolute atomic E-state index is 0.176. The topological polar surface area (TPSA) is 119 Å². The van der Waals surface area contributed by atoms with Gasteiger partial charge in [-0.3, -0.25) is 0 Å². The van der Waals surface area contributed by atoms with Gasteiger partial charge in [-0.25, -0.2) is 13.4 Å². The van der Waals surface area contributed by atoms with E-state index in [0.29, 0.717) is 16.3 Å². The molecule has 1 atom stereocenters. The number of sulfone groups is 1. The maximum atomic E-state index is 13.2. The average molecular weight is 479 g/mol. The SMILES string of the molecule is CC(C)(C)c1nc2cc(S(=O)(=O)c3ccc(C(N)NO)s3)ccc2n1CC1CCOCC1. The van der Waals surface area contributed by atoms with Crippen LogP contribution in [0.3, 0.4) is 0 Å². The van der Waals surface area contributed by atoms with Crippen LogP contribution in [0.2, 0.25) is 0 Å². The second-order valence-electron chi connectivity index (χ2n) is 9.27. The first kappa shape index (κ1) is 23.3. The summed E-state index contributed by atoms with van der Waals surface area (Å²) >= 11 is 1.04. The van der Waals surface area contributed by atoms with Crippen molar-refractivity contribution in [3.8, 4) is 0 Å². The monoisotopic (exact) mass is 478 g/mol. The highest BCUT2D eigenvalue weighted by Gasteiger charge is 2.27. The molecule has 2 aromatic heterocycles. The number of nitrogens with two attached hydrogens (primary N) is 1. The number of benzene rings is 1. The summed E-state index contributed by atoms with van der Waals surface area (Å²) in [6.45, 7) is 8.78. The van der Waals surface area contributed by atoms with Gasteiger partial charge in [-0.2, -0.15) is 5.48 Å². The molecule has 0 aliphatic carbocycles. The van der Waals surface area contributed by atoms with Crippen molar-refractivity contribution in [2.45, 2.75) is 60.8 Å². The first-order chi connectivity index (χ1) is 15.1. The van der Waals surface area contributed by atoms with E-state index in [1.165, 1.54) is 6.07 Å². The number of nitrogens with zero attached hydrogens (tertiary/aromatic N) is 2. The summed E-state index contributed by atoms with van der Waals surface area (Å²) in [7, 11) is -3.73. The number of nitrogens with one attached hydrogen (secondary N) is 1. The maximum Gasteiger partial charge on any atom is 0.216 e. The molecule has 1 aromatic carbocycles. The number of fused-ring (bicyclic) bond motifs is 1. The van der Waals surface area contributed by atoms with Crippen LogP contribution in [-0.4, -0.2) is 36.4 Å². The van der Waals surface area contributed by atoms with Crippen LogP contribution in [0.25, 0.3) is 11.0 Å². The van der Waals surface area contributed by atoms with Gasteiger partial charge >= 0.3 is 0 Å². The Bertz CT molecular complexity index is 1200. The highest BCUT2D eigenvalue weighted by Crippen LogP contribution is 2.33. The molecule has 10 heteroatoms. The largest absolute Gasteiger partial charge is 0.381 e. The molecule has 1 unspecified atom stereocenters. The number of hydroxylamine groups is 1. The zero-order chi connectivity index (χ0) is 23.1. The first-order valence-corrected chi connectivity index (χ1v) is 13.0. The van der Waals surface area contributed by atoms with Crippen LogP contribution in [0.1, 0.15) is 50.5 Å². The molecule has 8 nitrogen and oxygen atoms in total. The Morgan fingerprint density at radius 3 is 2.66 bits per heavy atom. The summed E-state index contributed by atoms with van der Waals surface area (Å²) in [6.07, 6.45) is 1.20. The molecule has 174 valence electrons. The Kier molecular flexibility index (Phi) is 6.45. The fraction of sp³-hybridized carbons (Fsp3) is 0.500. The molecular formula is C22H30N4O4S2. The summed E-state index contributed by atoms with van der Waals surface area (Å²) in [6, 6.07) is 8.28. The van der Waals surface area contributed by atoms with Gasteiger partial charge < -0.3 is 20.2 Å². The van der Waals surface area contributed by atoms with Crippen LogP contribution in [-0.2, 0) is 26.5 Å². The summed E-state index contributed by atoms with van der Waals surface area (Å²) in [5, 5.41) is 9.01. The molecule has 4 N–H and O–H groups in total. The number of hydrogen-bond acceptors (Lipinski definition) is 8. The van der Waals surface area contributed by atoms with Crippen LogP contribution in [0, 0.1) is 5.92 Å². The summed E-state index contributed by atoms with van der Waals surface area (Å²) in [4.78, 5) is 5.60. The fourth-order valence-corrected chi connectivity index (χ4v) is 6.74. The van der Waals surface area contributed by atoms with E-state index in [4.69, 9.17) is 20.7 Å². The number of imidazole rings is 1. The van der Waals surface area contributed by atoms with Gasteiger partial charge in [0.15, 0.2) is 0 Å². The molecule has 1 aliphatic heterocycles. The van der Waals surface area contributed by atoms with Crippen molar-refractivity contribution in [2.24, 2.45) is 11.7 Å². The van der Waals surface area contributed by atoms with Crippen molar-refractivity contribution in [2.75, 3.05) is 13.2 Å². The summed E-state index contributed by atoms with van der Waals surface area (Å²) in [5.41, 5.74) is 9.11. The van der Waals surface area contributed by atoms with Gasteiger partial charge in [-0.05, 0) is 49.1 Å². The van der Waals surface area contributed by atoms with E-state index >= 15 is 0 Å². The standard InChI is InChI=1S/C22H30N4O4S2/c1-22(2,3)21-24-16-12-15(32(28,29)19-7-6-18(31-19)20(23)25-27)4-5-17(16)26(21)13-14-8-10-30-11-9-14/h4-7,12,14,20,25,27H,8-11,13,23H2,1-3H3. The van der Waals surface area contributed by atoms with Gasteiger partial charge in [0.05, 0.1) is 15.9 Å². The highest BCUT2D eigenvalue weighted by atomic mass is 32.2. The third kappa shape index (κ3) is 4.48. The number of hydrogen-bond donors (Lipinski definition) is 3. The Hall–Kier alpha value is -1.82. The molecule has 0 amide bonds. The molecular weight excluding hydrogens is 448 g/mol. The van der Waals surface area contributed by atoms with Crippen molar-refractivity contribution in [3.63, 3.8) is 0 Å². The number of thiophene rings is 1. The Balaban J connectivity index is 1.74. The van der Waals surface area contributed by atoms with E-state index in [2.05, 4.69) is 25.3 Å². The predicted octanol–water partition coefficient (Wildman–Crippen LogP) is 3.59. The van der Waals surface area contributed by atoms with Gasteiger partial charge in [-0.15, -0.1) is 11.3 Å². The van der Waals surface area contributed by atoms with Gasteiger partial charge in [0.2, 0.25) is 9.84 Å². The molecule has 3 aromatic rings. The maximum absolute atomic E-state index is 13.2. The van der Waals surface area contributed by atoms with Crippen molar-refractivity contribution < 1.29 is 18.4 Å². The quantitative estimate of drug-likeness (QED) is 0.366. The minimum atomic E-state index is -3.73. The van der Waals surface area contributed by atoms with E-state index in [1.54, 1.807) is 18.2 Å². The smallest absolute Gasteiger partial charge is 0.216 e. The van der Waals surface area contributed by atoms with Crippen molar-refractivity contribution >= 4 is 32.2 Å². The molecule has 1 saturated heterocycles. The second-order valence-corrected chi connectivity index (χ2v) is 12.6. The molecule has 32 heavy (non-hydrogen) atoms. The van der Waals surface area contributed by atoms with E-state index in [-0.39, 0.29) is 14.5 Å². The highest BCUT2D eigenvalue weighted by molar-refractivity contribution is 7.93. The van der Waals surface area contributed by atoms with Crippen LogP contribution < -0.4 is 11.2 Å². The van der Waals surface area contributed by atoms with Gasteiger partial charge in [0, 0.05) is 30.1 Å². The van der Waals surface area contributed by atoms with Crippen LogP contribution in [0.5, 0.6) is 0 Å². The van der Waals surface area contributed by atoms with Crippen molar-refractivity contribution in [1.82, 2.24) is 15.0 Å². The lowest BCUT2D eigenvalue weighted by atomic mass is 9.94. The van der Waals surface area contributed by atoms with E-state index < -0.39 is 16.0 Å². The molecule has 4 rings (SSSR count). The van der Waals surface area contributed by atoms with Gasteiger partial charge in [-0.1, -0.05) is 20.8 Å². The molecule has 0 bridgehead atoms. The summed E-state index contributed by atoms with van der Waals surface area (Å²) < 4.78 is 34.4. The fourth-order valence-electron chi connectivity index (χ4n) is 4.05. The van der Waals surface area contributed by atoms with Gasteiger partial charge in [0.1, 0.15) is 16.2 Å². The first-order valence-electron chi connectivity index (χ1n) is 10.7. The zero-order valence-electron chi connectivity index (χ0n) is 18.5. The lowest BCUT2D eigenvalue weighted by Crippen LogP contribution is -2.25. The van der Waals surface area contributed by atoms with Crippen molar-refractivity contribution in [1.29, 1.82) is 0 Å². The number of ether oxygens (including phenoxy) is 1. The van der Waals surface area contributed by atoms with Crippen molar-refractivity contribution in [3.05, 3.63) is 41.0 Å². The normalized spacial score (nSPS) is 17.2. The second kappa shape index (κ2) is 8.85. The molecule has 0 saturated carbocycles. The number of aromatic nitrogens is 2. The van der Waals surface area contributed by atoms with Crippen LogP contribution in [0.4, 0.5) is 0 Å². The molecule has 1 fully saturated rings. The number of rotatable bonds is 6. The summed E-state index contributed by atoms with van der Waals surface area (Å²) in [5.74, 6) is 1.46. The molecule has 0 spiro atoms. The predicted molar refractivity (Wildman–Crippen MR) is 124 cm³/mol. The third-order valence-corrected chi connectivity index (χ3v) is 9.21. The van der Waals surface area contributed by atoms with E-state index in [1.807, 2.05) is 11.5 Å². The van der Waals surface area contributed by atoms with Gasteiger partial charge in [0.25, 0.3) is 0 Å². The average Bonchev–Trinajstić information content (AvgIpc) is 3.39. The lowest BCUT2D eigenvalue weighted by Gasteiger charge is -2.26. The zero-order valence-corrected chi connectivity index (χ0v) is 20.2. The Morgan fingerprint density at radius 2 is 2.00 bits per heavy atom. The molecule has 3 heterocycles. The Morgan fingerprint density at radius 1 is 1.28 bits per heavy atom. The van der Waals surface area contributed by atoms with Crippen LogP contribution in [0.15, 0.2) is 39.4 Å². The van der Waals surface area contributed by atoms with E-state index in [9.17, 15) is 8.42 Å². The molecule has 0 radical (unpaired) electrons. The lowest BCUT2D eigenvalue weighted by molar-refractivity contribution is 0.0611. The van der Waals surface area contributed by atoms with Crippen LogP contribution >= 0.6 is 11.3 Å². The Labute approximate surface area is 192 Å². The van der Waals surface area contributed by atoms with E-state index in [0.717, 1.165) is 55.3 Å². The molecule has 1 aliphatic rings. The third-order valence-electron chi connectivity index (χ3n) is 5.80. The minimum Gasteiger partial charge on any atom is -0.381 e.